The third kappa shape index (κ3) is 3.89. The van der Waals surface area contributed by atoms with Crippen molar-refractivity contribution >= 4 is 34.7 Å². The van der Waals surface area contributed by atoms with Crippen LogP contribution >= 0.6 is 24.0 Å². The van der Waals surface area contributed by atoms with E-state index in [1.54, 1.807) is 18.9 Å². The molecule has 2 aromatic carbocycles. The van der Waals surface area contributed by atoms with Crippen LogP contribution in [0.5, 0.6) is 5.75 Å². The van der Waals surface area contributed by atoms with Gasteiger partial charge in [0, 0.05) is 22.7 Å². The van der Waals surface area contributed by atoms with Crippen LogP contribution in [0.2, 0.25) is 0 Å². The first-order valence-corrected chi connectivity index (χ1v) is 8.12. The lowest BCUT2D eigenvalue weighted by molar-refractivity contribution is 0.414. The van der Waals surface area contributed by atoms with E-state index in [0.717, 1.165) is 27.5 Å². The van der Waals surface area contributed by atoms with Crippen LogP contribution in [0.1, 0.15) is 11.1 Å². The minimum absolute atomic E-state index is 0.410. The summed E-state index contributed by atoms with van der Waals surface area (Å²) in [6, 6.07) is 14.0. The molecule has 0 saturated carbocycles. The normalized spacial score (nSPS) is 10.2. The van der Waals surface area contributed by atoms with E-state index in [1.165, 1.54) is 0 Å². The van der Waals surface area contributed by atoms with Crippen LogP contribution in [0.3, 0.4) is 0 Å². The van der Waals surface area contributed by atoms with Crippen LogP contribution in [-0.2, 0) is 6.54 Å². The van der Waals surface area contributed by atoms with E-state index in [1.807, 2.05) is 48.7 Å². The highest BCUT2D eigenvalue weighted by atomic mass is 32.2. The van der Waals surface area contributed by atoms with E-state index in [0.29, 0.717) is 11.5 Å². The largest absolute Gasteiger partial charge is 0.497 e. The zero-order valence-electron chi connectivity index (χ0n) is 12.1. The van der Waals surface area contributed by atoms with Crippen LogP contribution in [0.15, 0.2) is 47.4 Å². The van der Waals surface area contributed by atoms with Crippen molar-refractivity contribution in [2.75, 3.05) is 18.7 Å². The van der Waals surface area contributed by atoms with E-state index in [9.17, 15) is 0 Å². The SMILES string of the molecule is COc1cccc(CNc2cccc(SC)c2C(N)=S)c1. The summed E-state index contributed by atoms with van der Waals surface area (Å²) in [5, 5.41) is 3.40. The van der Waals surface area contributed by atoms with E-state index in [2.05, 4.69) is 5.32 Å². The van der Waals surface area contributed by atoms with Crippen molar-refractivity contribution in [1.82, 2.24) is 0 Å². The van der Waals surface area contributed by atoms with Crippen LogP contribution in [0.4, 0.5) is 5.69 Å². The van der Waals surface area contributed by atoms with Crippen LogP contribution < -0.4 is 15.8 Å². The molecule has 0 amide bonds. The van der Waals surface area contributed by atoms with Crippen molar-refractivity contribution in [3.8, 4) is 5.75 Å². The number of hydrogen-bond acceptors (Lipinski definition) is 4. The molecule has 0 saturated heterocycles. The molecule has 5 heteroatoms. The lowest BCUT2D eigenvalue weighted by Crippen LogP contribution is -2.14. The molecule has 0 spiro atoms. The second-order valence-corrected chi connectivity index (χ2v) is 5.74. The highest BCUT2D eigenvalue weighted by Gasteiger charge is 2.10. The van der Waals surface area contributed by atoms with E-state index >= 15 is 0 Å². The summed E-state index contributed by atoms with van der Waals surface area (Å²) >= 11 is 6.82. The van der Waals surface area contributed by atoms with Gasteiger partial charge in [-0.25, -0.2) is 0 Å². The number of anilines is 1. The molecule has 3 nitrogen and oxygen atoms in total. The second kappa shape index (κ2) is 7.33. The molecule has 110 valence electrons. The van der Waals surface area contributed by atoms with Gasteiger partial charge in [0.05, 0.1) is 7.11 Å². The number of rotatable bonds is 6. The zero-order valence-corrected chi connectivity index (χ0v) is 13.7. The number of thiocarbonyl (C=S) groups is 1. The monoisotopic (exact) mass is 318 g/mol. The second-order valence-electron chi connectivity index (χ2n) is 4.45. The van der Waals surface area contributed by atoms with Gasteiger partial charge in [-0.05, 0) is 36.1 Å². The summed E-state index contributed by atoms with van der Waals surface area (Å²) in [6.45, 7) is 0.685. The number of nitrogens with two attached hydrogens (primary N) is 1. The topological polar surface area (TPSA) is 47.3 Å². The average Bonchev–Trinajstić information content (AvgIpc) is 2.52. The van der Waals surface area contributed by atoms with Crippen LogP contribution in [-0.4, -0.2) is 18.4 Å². The molecule has 0 atom stereocenters. The average molecular weight is 318 g/mol. The Morgan fingerprint density at radius 1 is 1.29 bits per heavy atom. The number of ether oxygens (including phenoxy) is 1. The number of hydrogen-bond donors (Lipinski definition) is 2. The maximum Gasteiger partial charge on any atom is 0.119 e. The van der Waals surface area contributed by atoms with Crippen molar-refractivity contribution in [2.45, 2.75) is 11.4 Å². The number of thioether (sulfide) groups is 1. The zero-order chi connectivity index (χ0) is 15.2. The van der Waals surface area contributed by atoms with Crippen molar-refractivity contribution in [3.05, 3.63) is 53.6 Å². The lowest BCUT2D eigenvalue weighted by Gasteiger charge is -2.14. The van der Waals surface area contributed by atoms with E-state index in [-0.39, 0.29) is 0 Å². The van der Waals surface area contributed by atoms with Gasteiger partial charge < -0.3 is 15.8 Å². The Balaban J connectivity index is 2.21. The van der Waals surface area contributed by atoms with Gasteiger partial charge in [-0.3, -0.25) is 0 Å². The Morgan fingerprint density at radius 3 is 2.71 bits per heavy atom. The first-order chi connectivity index (χ1) is 10.2. The Kier molecular flexibility index (Phi) is 5.47. The Bertz CT molecular complexity index is 644. The number of methoxy groups -OCH3 is 1. The molecule has 2 aromatic rings. The van der Waals surface area contributed by atoms with Crippen molar-refractivity contribution < 1.29 is 4.74 Å². The Labute approximate surface area is 134 Å². The summed E-state index contributed by atoms with van der Waals surface area (Å²) in [6.07, 6.45) is 2.02. The van der Waals surface area contributed by atoms with Gasteiger partial charge in [0.2, 0.25) is 0 Å². The highest BCUT2D eigenvalue weighted by molar-refractivity contribution is 7.98. The quantitative estimate of drug-likeness (QED) is 0.629. The van der Waals surface area contributed by atoms with Gasteiger partial charge in [-0.2, -0.15) is 0 Å². The predicted octanol–water partition coefficient (Wildman–Crippen LogP) is 3.66. The summed E-state index contributed by atoms with van der Waals surface area (Å²) in [4.78, 5) is 1.49. The number of benzene rings is 2. The minimum Gasteiger partial charge on any atom is -0.497 e. The molecule has 2 rings (SSSR count). The van der Waals surface area contributed by atoms with Gasteiger partial charge in [0.25, 0.3) is 0 Å². The fourth-order valence-electron chi connectivity index (χ4n) is 2.08. The predicted molar refractivity (Wildman–Crippen MR) is 94.4 cm³/mol. The molecule has 0 radical (unpaired) electrons. The summed E-state index contributed by atoms with van der Waals surface area (Å²) in [5.41, 5.74) is 8.86. The standard InChI is InChI=1S/C16H18N2OS2/c1-19-12-6-3-5-11(9-12)10-18-13-7-4-8-14(21-2)15(13)16(17)20/h3-9,18H,10H2,1-2H3,(H2,17,20). The minimum atomic E-state index is 0.410. The molecule has 0 bridgehead atoms. The van der Waals surface area contributed by atoms with Gasteiger partial charge >= 0.3 is 0 Å². The molecule has 0 fully saturated rings. The fourth-order valence-corrected chi connectivity index (χ4v) is 3.01. The first kappa shape index (κ1) is 15.7. The molecule has 0 aliphatic carbocycles. The molecule has 0 aromatic heterocycles. The van der Waals surface area contributed by atoms with Crippen molar-refractivity contribution in [3.63, 3.8) is 0 Å². The smallest absolute Gasteiger partial charge is 0.119 e. The van der Waals surface area contributed by atoms with Gasteiger partial charge in [0.1, 0.15) is 10.7 Å². The van der Waals surface area contributed by atoms with Gasteiger partial charge in [-0.15, -0.1) is 11.8 Å². The molecule has 0 aliphatic rings. The van der Waals surface area contributed by atoms with Crippen LogP contribution in [0, 0.1) is 0 Å². The van der Waals surface area contributed by atoms with Gasteiger partial charge in [0.15, 0.2) is 0 Å². The van der Waals surface area contributed by atoms with Crippen molar-refractivity contribution in [2.24, 2.45) is 5.73 Å². The fraction of sp³-hybridized carbons (Fsp3) is 0.188. The summed E-state index contributed by atoms with van der Waals surface area (Å²) in [7, 11) is 1.67. The molecule has 3 N–H and O–H groups in total. The maximum absolute atomic E-state index is 5.86. The summed E-state index contributed by atoms with van der Waals surface area (Å²) < 4.78 is 5.23. The molecule has 0 aliphatic heterocycles. The maximum atomic E-state index is 5.86. The number of nitrogens with one attached hydrogen (secondary N) is 1. The molecular weight excluding hydrogens is 300 g/mol. The lowest BCUT2D eigenvalue weighted by atomic mass is 10.1. The first-order valence-electron chi connectivity index (χ1n) is 6.49. The Morgan fingerprint density at radius 2 is 2.05 bits per heavy atom. The third-order valence-corrected chi connectivity index (χ3v) is 4.09. The molecular formula is C16H18N2OS2. The van der Waals surface area contributed by atoms with E-state index in [4.69, 9.17) is 22.7 Å². The van der Waals surface area contributed by atoms with Crippen LogP contribution in [0.25, 0.3) is 0 Å². The Hall–Kier alpha value is -1.72. The third-order valence-electron chi connectivity index (χ3n) is 3.11. The summed E-state index contributed by atoms with van der Waals surface area (Å²) in [5.74, 6) is 0.849. The molecule has 21 heavy (non-hydrogen) atoms. The van der Waals surface area contributed by atoms with Crippen molar-refractivity contribution in [1.29, 1.82) is 0 Å². The highest BCUT2D eigenvalue weighted by Crippen LogP contribution is 2.27. The molecule has 0 unspecified atom stereocenters. The van der Waals surface area contributed by atoms with Gasteiger partial charge in [-0.1, -0.05) is 30.4 Å². The van der Waals surface area contributed by atoms with E-state index < -0.39 is 0 Å². The molecule has 0 heterocycles.